The molecule has 1 aromatic heterocycles. The Bertz CT molecular complexity index is 666. The van der Waals surface area contributed by atoms with Gasteiger partial charge in [0.15, 0.2) is 0 Å². The van der Waals surface area contributed by atoms with Crippen LogP contribution in [0.3, 0.4) is 0 Å². The molecule has 0 aliphatic carbocycles. The lowest BCUT2D eigenvalue weighted by Crippen LogP contribution is -2.14. The molecule has 2 N–H and O–H groups in total. The maximum atomic E-state index is 12.7. The maximum Gasteiger partial charge on any atom is 0.395 e. The predicted molar refractivity (Wildman–Crippen MR) is 58.6 cm³/mol. The normalized spacial score (nSPS) is 10.3. The summed E-state index contributed by atoms with van der Waals surface area (Å²) in [7, 11) is 0. The fourth-order valence-corrected chi connectivity index (χ4v) is 1.36. The van der Waals surface area contributed by atoms with Crippen LogP contribution in [0.4, 0.5) is 10.1 Å². The highest BCUT2D eigenvalue weighted by molar-refractivity contribution is 5.56. The van der Waals surface area contributed by atoms with E-state index in [4.69, 9.17) is 0 Å². The summed E-state index contributed by atoms with van der Waals surface area (Å²) in [4.78, 5) is 26.4. The first kappa shape index (κ1) is 11.7. The Morgan fingerprint density at radius 2 is 1.94 bits per heavy atom. The molecule has 0 unspecified atom stereocenters. The van der Waals surface area contributed by atoms with Gasteiger partial charge in [-0.25, -0.2) is 4.39 Å². The third-order valence-electron chi connectivity index (χ3n) is 2.18. The van der Waals surface area contributed by atoms with E-state index in [9.17, 15) is 24.4 Å². The zero-order valence-corrected chi connectivity index (χ0v) is 8.75. The second-order valence-electron chi connectivity index (χ2n) is 3.35. The zero-order valence-electron chi connectivity index (χ0n) is 8.75. The summed E-state index contributed by atoms with van der Waals surface area (Å²) in [5.74, 6) is -1.54. The number of benzene rings is 1. The van der Waals surface area contributed by atoms with Crippen molar-refractivity contribution in [3.8, 4) is 17.3 Å². The number of nitrogens with zero attached hydrogens (tertiary/aromatic N) is 2. The summed E-state index contributed by atoms with van der Waals surface area (Å²) < 4.78 is 12.7. The second-order valence-corrected chi connectivity index (χ2v) is 3.35. The van der Waals surface area contributed by atoms with Crippen LogP contribution in [0.25, 0.3) is 11.4 Å². The Balaban J connectivity index is 2.58. The van der Waals surface area contributed by atoms with Crippen LogP contribution in [0, 0.1) is 15.9 Å². The molecule has 8 heteroatoms. The van der Waals surface area contributed by atoms with E-state index in [1.807, 2.05) is 0 Å². The molecule has 0 saturated carbocycles. The lowest BCUT2D eigenvalue weighted by Gasteiger charge is -2.01. The first-order chi connectivity index (χ1) is 8.49. The Hall–Kier alpha value is -2.77. The van der Waals surface area contributed by atoms with Crippen LogP contribution < -0.4 is 5.56 Å². The quantitative estimate of drug-likeness (QED) is 0.615. The van der Waals surface area contributed by atoms with Crippen molar-refractivity contribution >= 4 is 5.69 Å². The number of nitrogens with one attached hydrogen (secondary N) is 1. The van der Waals surface area contributed by atoms with Crippen LogP contribution in [-0.2, 0) is 0 Å². The summed E-state index contributed by atoms with van der Waals surface area (Å²) in [6.45, 7) is 0. The van der Waals surface area contributed by atoms with Gasteiger partial charge in [-0.05, 0) is 24.3 Å². The smallest absolute Gasteiger partial charge is 0.395 e. The Morgan fingerprint density at radius 1 is 1.33 bits per heavy atom. The highest BCUT2D eigenvalue weighted by atomic mass is 19.1. The van der Waals surface area contributed by atoms with E-state index in [0.29, 0.717) is 5.56 Å². The number of rotatable bonds is 2. The molecule has 0 fully saturated rings. The highest BCUT2D eigenvalue weighted by Gasteiger charge is 2.22. The van der Waals surface area contributed by atoms with Crippen molar-refractivity contribution in [1.29, 1.82) is 0 Å². The van der Waals surface area contributed by atoms with E-state index >= 15 is 0 Å². The van der Waals surface area contributed by atoms with Crippen molar-refractivity contribution in [1.82, 2.24) is 9.97 Å². The van der Waals surface area contributed by atoms with Gasteiger partial charge in [0.2, 0.25) is 0 Å². The van der Waals surface area contributed by atoms with E-state index in [2.05, 4.69) is 9.97 Å². The molecule has 0 aliphatic heterocycles. The molecule has 18 heavy (non-hydrogen) atoms. The molecular formula is C10H6FN3O4. The first-order valence-corrected chi connectivity index (χ1v) is 4.72. The van der Waals surface area contributed by atoms with E-state index < -0.39 is 27.9 Å². The van der Waals surface area contributed by atoms with Gasteiger partial charge in [-0.3, -0.25) is 14.9 Å². The number of aromatic nitrogens is 2. The predicted octanol–water partition coefficient (Wildman–Crippen LogP) is 1.19. The largest absolute Gasteiger partial charge is 0.488 e. The second kappa shape index (κ2) is 4.24. The molecule has 7 nitrogen and oxygen atoms in total. The van der Waals surface area contributed by atoms with Crippen molar-refractivity contribution in [3.05, 3.63) is 50.6 Å². The van der Waals surface area contributed by atoms with Crippen LogP contribution in [-0.4, -0.2) is 20.0 Å². The van der Waals surface area contributed by atoms with Crippen molar-refractivity contribution in [2.75, 3.05) is 0 Å². The van der Waals surface area contributed by atoms with E-state index in [0.717, 1.165) is 12.1 Å². The van der Waals surface area contributed by atoms with E-state index in [1.165, 1.54) is 12.1 Å². The van der Waals surface area contributed by atoms with Crippen molar-refractivity contribution in [2.24, 2.45) is 0 Å². The number of aromatic amines is 1. The van der Waals surface area contributed by atoms with Gasteiger partial charge in [0.1, 0.15) is 11.6 Å². The topological polar surface area (TPSA) is 109 Å². The number of H-pyrrole nitrogens is 1. The van der Waals surface area contributed by atoms with Gasteiger partial charge in [-0.15, -0.1) is 0 Å². The third-order valence-corrected chi connectivity index (χ3v) is 2.18. The lowest BCUT2D eigenvalue weighted by molar-refractivity contribution is -0.387. The van der Waals surface area contributed by atoms with Gasteiger partial charge in [-0.2, -0.15) is 4.98 Å². The zero-order chi connectivity index (χ0) is 13.3. The van der Waals surface area contributed by atoms with Gasteiger partial charge in [-0.1, -0.05) is 0 Å². The number of nitro groups is 1. The highest BCUT2D eigenvalue weighted by Crippen LogP contribution is 2.21. The minimum Gasteiger partial charge on any atom is -0.488 e. The van der Waals surface area contributed by atoms with Gasteiger partial charge in [0, 0.05) is 5.56 Å². The van der Waals surface area contributed by atoms with Gasteiger partial charge < -0.3 is 10.1 Å². The molecular weight excluding hydrogens is 245 g/mol. The summed E-state index contributed by atoms with van der Waals surface area (Å²) in [5.41, 5.74) is -1.79. The first-order valence-electron chi connectivity index (χ1n) is 4.72. The molecule has 0 saturated heterocycles. The van der Waals surface area contributed by atoms with E-state index in [-0.39, 0.29) is 5.82 Å². The number of hydrogen-bond acceptors (Lipinski definition) is 5. The molecule has 0 aliphatic rings. The van der Waals surface area contributed by atoms with Gasteiger partial charge in [0.05, 0.1) is 4.92 Å². The molecule has 2 aromatic rings. The Morgan fingerprint density at radius 3 is 2.44 bits per heavy atom. The third kappa shape index (κ3) is 2.03. The standard InChI is InChI=1S/C10H6FN3O4/c11-6-3-1-5(2-4-6)8-12-9(15)7(14(17)18)10(16)13-8/h1-4H,(H2,12,13,15,16). The van der Waals surface area contributed by atoms with Crippen LogP contribution in [0.1, 0.15) is 0 Å². The minimum atomic E-state index is -1.08. The summed E-state index contributed by atoms with van der Waals surface area (Å²) in [6.07, 6.45) is 0. The van der Waals surface area contributed by atoms with Crippen LogP contribution >= 0.6 is 0 Å². The number of halogens is 1. The SMILES string of the molecule is O=c1[nH]c(-c2ccc(F)cc2)nc(O)c1[N+](=O)[O-]. The molecule has 0 spiro atoms. The molecule has 0 radical (unpaired) electrons. The van der Waals surface area contributed by atoms with Gasteiger partial charge in [0.25, 0.3) is 5.88 Å². The summed E-state index contributed by atoms with van der Waals surface area (Å²) in [6, 6.07) is 4.90. The molecule has 0 amide bonds. The van der Waals surface area contributed by atoms with Crippen molar-refractivity contribution < 1.29 is 14.4 Å². The van der Waals surface area contributed by atoms with Crippen molar-refractivity contribution in [3.63, 3.8) is 0 Å². The Kier molecular flexibility index (Phi) is 2.76. The average molecular weight is 251 g/mol. The molecule has 0 atom stereocenters. The maximum absolute atomic E-state index is 12.7. The summed E-state index contributed by atoms with van der Waals surface area (Å²) >= 11 is 0. The minimum absolute atomic E-state index is 0.0805. The molecule has 1 aromatic carbocycles. The fourth-order valence-electron chi connectivity index (χ4n) is 1.36. The van der Waals surface area contributed by atoms with Crippen LogP contribution in [0.15, 0.2) is 29.1 Å². The molecule has 92 valence electrons. The van der Waals surface area contributed by atoms with Crippen molar-refractivity contribution in [2.45, 2.75) is 0 Å². The summed E-state index contributed by atoms with van der Waals surface area (Å²) in [5, 5.41) is 19.8. The van der Waals surface area contributed by atoms with Crippen LogP contribution in [0.2, 0.25) is 0 Å². The Labute approximate surface area is 98.7 Å². The van der Waals surface area contributed by atoms with Gasteiger partial charge >= 0.3 is 11.2 Å². The van der Waals surface area contributed by atoms with Crippen LogP contribution in [0.5, 0.6) is 5.88 Å². The lowest BCUT2D eigenvalue weighted by atomic mass is 10.2. The fraction of sp³-hybridized carbons (Fsp3) is 0. The molecule has 2 rings (SSSR count). The average Bonchev–Trinajstić information content (AvgIpc) is 2.28. The number of aromatic hydroxyl groups is 1. The monoisotopic (exact) mass is 251 g/mol. The molecule has 0 bridgehead atoms. The van der Waals surface area contributed by atoms with E-state index in [1.54, 1.807) is 0 Å². The number of hydrogen-bond donors (Lipinski definition) is 2. The molecule has 1 heterocycles.